The van der Waals surface area contributed by atoms with Gasteiger partial charge in [-0.2, -0.15) is 0 Å². The predicted molar refractivity (Wildman–Crippen MR) is 52.5 cm³/mol. The van der Waals surface area contributed by atoms with Crippen LogP contribution in [0.3, 0.4) is 0 Å². The number of hydrogen-bond acceptors (Lipinski definition) is 4. The lowest BCUT2D eigenvalue weighted by atomic mass is 10.2. The van der Waals surface area contributed by atoms with Crippen LogP contribution in [0.25, 0.3) is 0 Å². The Morgan fingerprint density at radius 3 is 2.87 bits per heavy atom. The number of amides is 1. The molecule has 6 heteroatoms. The Bertz CT molecular complexity index is 238. The molecule has 0 spiro atoms. The first-order chi connectivity index (χ1) is 7.15. The van der Waals surface area contributed by atoms with E-state index in [2.05, 4.69) is 10.6 Å². The normalized spacial score (nSPS) is 23.1. The highest BCUT2D eigenvalue weighted by Gasteiger charge is 2.25. The first-order valence-electron chi connectivity index (χ1n) is 4.99. The molecular formula is C9H16N2O4. The summed E-state index contributed by atoms with van der Waals surface area (Å²) in [6.07, 6.45) is 0.370. The molecule has 6 nitrogen and oxygen atoms in total. The molecule has 0 saturated carbocycles. The molecule has 1 amide bonds. The van der Waals surface area contributed by atoms with Crippen molar-refractivity contribution in [3.63, 3.8) is 0 Å². The van der Waals surface area contributed by atoms with Crippen LogP contribution in [0, 0.1) is 0 Å². The molecule has 86 valence electrons. The molecule has 1 fully saturated rings. The zero-order valence-electron chi connectivity index (χ0n) is 8.66. The topological polar surface area (TPSA) is 87.7 Å². The number of carbonyl (C=O) groups is 2. The Balaban J connectivity index is 2.42. The van der Waals surface area contributed by atoms with Crippen LogP contribution in [0.4, 0.5) is 0 Å². The Hall–Kier alpha value is -1.14. The van der Waals surface area contributed by atoms with Gasteiger partial charge in [0.25, 0.3) is 0 Å². The number of nitrogens with one attached hydrogen (secondary N) is 2. The summed E-state index contributed by atoms with van der Waals surface area (Å²) < 4.78 is 5.11. The van der Waals surface area contributed by atoms with Crippen LogP contribution in [0.15, 0.2) is 0 Å². The second kappa shape index (κ2) is 5.67. The number of hydrogen-bond donors (Lipinski definition) is 3. The second-order valence-corrected chi connectivity index (χ2v) is 3.39. The molecule has 0 bridgehead atoms. The molecule has 0 aromatic rings. The molecule has 0 radical (unpaired) electrons. The number of carboxylic acid groups (broad SMARTS) is 1. The van der Waals surface area contributed by atoms with Gasteiger partial charge in [-0.1, -0.05) is 6.92 Å². The predicted octanol–water partition coefficient (Wildman–Crippen LogP) is -1.05. The van der Waals surface area contributed by atoms with E-state index in [4.69, 9.17) is 9.84 Å². The Morgan fingerprint density at radius 2 is 2.40 bits per heavy atom. The van der Waals surface area contributed by atoms with Crippen LogP contribution in [0.5, 0.6) is 0 Å². The summed E-state index contributed by atoms with van der Waals surface area (Å²) in [7, 11) is 0. The number of aliphatic carboxylic acids is 1. The third kappa shape index (κ3) is 3.49. The molecular weight excluding hydrogens is 200 g/mol. The largest absolute Gasteiger partial charge is 0.480 e. The van der Waals surface area contributed by atoms with E-state index < -0.39 is 18.1 Å². The molecule has 0 aromatic heterocycles. The molecule has 1 unspecified atom stereocenters. The van der Waals surface area contributed by atoms with Crippen LogP contribution >= 0.6 is 0 Å². The third-order valence-corrected chi connectivity index (χ3v) is 2.26. The maximum absolute atomic E-state index is 11.6. The fraction of sp³-hybridized carbons (Fsp3) is 0.778. The first kappa shape index (κ1) is 11.9. The zero-order chi connectivity index (χ0) is 11.3. The SMILES string of the molecule is CC[C@H](NC(=O)C1COCCN1)C(=O)O. The zero-order valence-corrected chi connectivity index (χ0v) is 8.66. The van der Waals surface area contributed by atoms with E-state index in [0.29, 0.717) is 26.2 Å². The van der Waals surface area contributed by atoms with E-state index in [1.54, 1.807) is 6.92 Å². The number of ether oxygens (including phenoxy) is 1. The fourth-order valence-electron chi connectivity index (χ4n) is 1.34. The summed E-state index contributed by atoms with van der Waals surface area (Å²) in [6, 6.07) is -1.26. The number of carboxylic acids is 1. The van der Waals surface area contributed by atoms with Crippen LogP contribution in [-0.4, -0.2) is 48.8 Å². The van der Waals surface area contributed by atoms with Gasteiger partial charge in [0.05, 0.1) is 13.2 Å². The fourth-order valence-corrected chi connectivity index (χ4v) is 1.34. The molecule has 0 aliphatic carbocycles. The van der Waals surface area contributed by atoms with Crippen molar-refractivity contribution in [3.8, 4) is 0 Å². The molecule has 1 saturated heterocycles. The molecule has 15 heavy (non-hydrogen) atoms. The van der Waals surface area contributed by atoms with Crippen LogP contribution in [0.2, 0.25) is 0 Å². The Labute approximate surface area is 88.0 Å². The van der Waals surface area contributed by atoms with Crippen LogP contribution in [0.1, 0.15) is 13.3 Å². The highest BCUT2D eigenvalue weighted by molar-refractivity contribution is 5.87. The molecule has 2 atom stereocenters. The van der Waals surface area contributed by atoms with Crippen molar-refractivity contribution in [3.05, 3.63) is 0 Å². The summed E-state index contributed by atoms with van der Waals surface area (Å²) >= 11 is 0. The van der Waals surface area contributed by atoms with Gasteiger partial charge in [0.2, 0.25) is 5.91 Å². The molecule has 1 aliphatic rings. The van der Waals surface area contributed by atoms with Gasteiger partial charge < -0.3 is 20.5 Å². The smallest absolute Gasteiger partial charge is 0.326 e. The van der Waals surface area contributed by atoms with Crippen molar-refractivity contribution in [2.75, 3.05) is 19.8 Å². The standard InChI is InChI=1S/C9H16N2O4/c1-2-6(9(13)14)11-8(12)7-5-15-4-3-10-7/h6-7,10H,2-5H2,1H3,(H,11,12)(H,13,14)/t6-,7?/m0/s1. The number of rotatable bonds is 4. The molecule has 1 heterocycles. The van der Waals surface area contributed by atoms with Crippen molar-refractivity contribution in [1.29, 1.82) is 0 Å². The third-order valence-electron chi connectivity index (χ3n) is 2.26. The van der Waals surface area contributed by atoms with Gasteiger partial charge in [0, 0.05) is 6.54 Å². The maximum Gasteiger partial charge on any atom is 0.326 e. The molecule has 3 N–H and O–H groups in total. The first-order valence-corrected chi connectivity index (χ1v) is 4.99. The van der Waals surface area contributed by atoms with Gasteiger partial charge in [-0.05, 0) is 6.42 Å². The minimum atomic E-state index is -1.01. The van der Waals surface area contributed by atoms with E-state index in [-0.39, 0.29) is 5.91 Å². The Kier molecular flexibility index (Phi) is 4.51. The molecule has 1 rings (SSSR count). The lowest BCUT2D eigenvalue weighted by Crippen LogP contribution is -2.54. The summed E-state index contributed by atoms with van der Waals surface area (Å²) in [4.78, 5) is 22.2. The van der Waals surface area contributed by atoms with Crippen molar-refractivity contribution in [2.45, 2.75) is 25.4 Å². The van der Waals surface area contributed by atoms with E-state index >= 15 is 0 Å². The van der Waals surface area contributed by atoms with Crippen molar-refractivity contribution >= 4 is 11.9 Å². The van der Waals surface area contributed by atoms with Crippen molar-refractivity contribution in [2.24, 2.45) is 0 Å². The number of morpholine rings is 1. The minimum Gasteiger partial charge on any atom is -0.480 e. The summed E-state index contributed by atoms with van der Waals surface area (Å²) in [5.41, 5.74) is 0. The lowest BCUT2D eigenvalue weighted by Gasteiger charge is -2.24. The average Bonchev–Trinajstić information content (AvgIpc) is 2.26. The highest BCUT2D eigenvalue weighted by Crippen LogP contribution is 1.96. The van der Waals surface area contributed by atoms with Gasteiger partial charge in [0.15, 0.2) is 0 Å². The van der Waals surface area contributed by atoms with E-state index in [1.165, 1.54) is 0 Å². The van der Waals surface area contributed by atoms with Gasteiger partial charge in [-0.3, -0.25) is 4.79 Å². The van der Waals surface area contributed by atoms with E-state index in [9.17, 15) is 9.59 Å². The quantitative estimate of drug-likeness (QED) is 0.558. The van der Waals surface area contributed by atoms with Gasteiger partial charge in [-0.25, -0.2) is 4.79 Å². The summed E-state index contributed by atoms with van der Waals surface area (Å²) in [6.45, 7) is 3.20. The summed E-state index contributed by atoms with van der Waals surface area (Å²) in [5, 5.41) is 14.2. The highest BCUT2D eigenvalue weighted by atomic mass is 16.5. The van der Waals surface area contributed by atoms with Gasteiger partial charge >= 0.3 is 5.97 Å². The minimum absolute atomic E-state index is 0.294. The summed E-state index contributed by atoms with van der Waals surface area (Å²) in [5.74, 6) is -1.33. The van der Waals surface area contributed by atoms with Crippen LogP contribution < -0.4 is 10.6 Å². The van der Waals surface area contributed by atoms with Crippen LogP contribution in [-0.2, 0) is 14.3 Å². The second-order valence-electron chi connectivity index (χ2n) is 3.39. The molecule has 1 aliphatic heterocycles. The van der Waals surface area contributed by atoms with Crippen molar-refractivity contribution < 1.29 is 19.4 Å². The monoisotopic (exact) mass is 216 g/mol. The maximum atomic E-state index is 11.6. The number of carbonyl (C=O) groups excluding carboxylic acids is 1. The Morgan fingerprint density at radius 1 is 1.67 bits per heavy atom. The average molecular weight is 216 g/mol. The van der Waals surface area contributed by atoms with E-state index in [0.717, 1.165) is 0 Å². The van der Waals surface area contributed by atoms with Gasteiger partial charge in [0.1, 0.15) is 12.1 Å². The van der Waals surface area contributed by atoms with Gasteiger partial charge in [-0.15, -0.1) is 0 Å². The van der Waals surface area contributed by atoms with Crippen molar-refractivity contribution in [1.82, 2.24) is 10.6 Å². The molecule has 0 aromatic carbocycles. The lowest BCUT2D eigenvalue weighted by molar-refractivity contribution is -0.142. The van der Waals surface area contributed by atoms with E-state index in [1.807, 2.05) is 0 Å².